The molecule has 0 radical (unpaired) electrons. The molecule has 0 saturated heterocycles. The molecule has 0 amide bonds. The first-order valence-electron chi connectivity index (χ1n) is 5.88. The maximum absolute atomic E-state index is 5.83. The van der Waals surface area contributed by atoms with E-state index >= 15 is 0 Å². The van der Waals surface area contributed by atoms with Crippen LogP contribution in [0.4, 0.5) is 0 Å². The van der Waals surface area contributed by atoms with Crippen LogP contribution in [0.5, 0.6) is 23.0 Å². The van der Waals surface area contributed by atoms with Gasteiger partial charge in [-0.1, -0.05) is 24.3 Å². The van der Waals surface area contributed by atoms with Crippen LogP contribution in [0.15, 0.2) is 48.5 Å². The van der Waals surface area contributed by atoms with Gasteiger partial charge in [0.25, 0.3) is 0 Å². The third-order valence-corrected chi connectivity index (χ3v) is 2.43. The van der Waals surface area contributed by atoms with E-state index < -0.39 is 0 Å². The van der Waals surface area contributed by atoms with Crippen molar-refractivity contribution in [2.75, 3.05) is 13.7 Å². The molecule has 94 valence electrons. The summed E-state index contributed by atoms with van der Waals surface area (Å²) in [5.41, 5.74) is 0. The van der Waals surface area contributed by atoms with Crippen molar-refractivity contribution in [2.24, 2.45) is 0 Å². The zero-order chi connectivity index (χ0) is 12.8. The second kappa shape index (κ2) is 5.96. The number of methoxy groups -OCH3 is 1. The maximum Gasteiger partial charge on any atom is 0.211 e. The average Bonchev–Trinajstić information content (AvgIpc) is 2.42. The van der Waals surface area contributed by atoms with Crippen LogP contribution >= 0.6 is 0 Å². The number of hydrogen-bond acceptors (Lipinski definition) is 3. The summed E-state index contributed by atoms with van der Waals surface area (Å²) in [4.78, 5) is 0. The van der Waals surface area contributed by atoms with Gasteiger partial charge >= 0.3 is 0 Å². The fourth-order valence-corrected chi connectivity index (χ4v) is 1.63. The Morgan fingerprint density at radius 3 is 2.28 bits per heavy atom. The van der Waals surface area contributed by atoms with Crippen molar-refractivity contribution in [1.82, 2.24) is 0 Å². The van der Waals surface area contributed by atoms with Crippen LogP contribution in [0.3, 0.4) is 0 Å². The monoisotopic (exact) mass is 244 g/mol. The fourth-order valence-electron chi connectivity index (χ4n) is 1.63. The van der Waals surface area contributed by atoms with Gasteiger partial charge in [-0.05, 0) is 31.2 Å². The summed E-state index contributed by atoms with van der Waals surface area (Å²) in [7, 11) is 1.61. The highest BCUT2D eigenvalue weighted by Crippen LogP contribution is 2.39. The molecule has 3 nitrogen and oxygen atoms in total. The van der Waals surface area contributed by atoms with Crippen molar-refractivity contribution in [2.45, 2.75) is 6.92 Å². The van der Waals surface area contributed by atoms with Gasteiger partial charge in [0.05, 0.1) is 13.7 Å². The number of benzene rings is 2. The van der Waals surface area contributed by atoms with Crippen LogP contribution in [0.1, 0.15) is 6.92 Å². The SMILES string of the molecule is CCOc1cccc(OC)c1Oc1ccccc1. The van der Waals surface area contributed by atoms with E-state index in [0.29, 0.717) is 23.9 Å². The molecule has 0 heterocycles. The zero-order valence-corrected chi connectivity index (χ0v) is 10.6. The summed E-state index contributed by atoms with van der Waals surface area (Å²) in [6, 6.07) is 15.2. The van der Waals surface area contributed by atoms with Gasteiger partial charge in [-0.15, -0.1) is 0 Å². The first-order chi connectivity index (χ1) is 8.85. The molecule has 2 aromatic rings. The van der Waals surface area contributed by atoms with E-state index in [-0.39, 0.29) is 0 Å². The molecule has 0 atom stereocenters. The molecule has 0 aliphatic rings. The summed E-state index contributed by atoms with van der Waals surface area (Å²) in [6.45, 7) is 2.52. The molecule has 18 heavy (non-hydrogen) atoms. The first-order valence-corrected chi connectivity index (χ1v) is 5.88. The Kier molecular flexibility index (Phi) is 4.07. The maximum atomic E-state index is 5.83. The molecule has 0 aromatic heterocycles. The van der Waals surface area contributed by atoms with Gasteiger partial charge in [0.2, 0.25) is 5.75 Å². The Morgan fingerprint density at radius 1 is 0.889 bits per heavy atom. The lowest BCUT2D eigenvalue weighted by atomic mass is 10.3. The lowest BCUT2D eigenvalue weighted by Crippen LogP contribution is -1.97. The Balaban J connectivity index is 2.35. The number of rotatable bonds is 5. The molecule has 0 N–H and O–H groups in total. The second-order valence-corrected chi connectivity index (χ2v) is 3.64. The standard InChI is InChI=1S/C15H16O3/c1-3-17-14-11-7-10-13(16-2)15(14)18-12-8-5-4-6-9-12/h4-11H,3H2,1-2H3. The highest BCUT2D eigenvalue weighted by atomic mass is 16.5. The summed E-state index contributed by atoms with van der Waals surface area (Å²) in [5.74, 6) is 2.70. The lowest BCUT2D eigenvalue weighted by molar-refractivity contribution is 0.309. The van der Waals surface area contributed by atoms with Crippen molar-refractivity contribution in [3.63, 3.8) is 0 Å². The van der Waals surface area contributed by atoms with E-state index in [2.05, 4.69) is 0 Å². The topological polar surface area (TPSA) is 27.7 Å². The van der Waals surface area contributed by atoms with E-state index in [1.54, 1.807) is 7.11 Å². The second-order valence-electron chi connectivity index (χ2n) is 3.64. The molecule has 0 bridgehead atoms. The highest BCUT2D eigenvalue weighted by Gasteiger charge is 2.12. The Hall–Kier alpha value is -2.16. The van der Waals surface area contributed by atoms with Crippen molar-refractivity contribution >= 4 is 0 Å². The van der Waals surface area contributed by atoms with E-state index in [4.69, 9.17) is 14.2 Å². The van der Waals surface area contributed by atoms with Crippen LogP contribution in [0, 0.1) is 0 Å². The predicted molar refractivity (Wildman–Crippen MR) is 70.7 cm³/mol. The van der Waals surface area contributed by atoms with Gasteiger partial charge in [0.1, 0.15) is 5.75 Å². The van der Waals surface area contributed by atoms with E-state index in [9.17, 15) is 0 Å². The van der Waals surface area contributed by atoms with Crippen molar-refractivity contribution in [3.8, 4) is 23.0 Å². The highest BCUT2D eigenvalue weighted by molar-refractivity contribution is 5.53. The molecule has 2 rings (SSSR count). The van der Waals surface area contributed by atoms with E-state index in [1.807, 2.05) is 55.5 Å². The quantitative estimate of drug-likeness (QED) is 0.798. The minimum atomic E-state index is 0.582. The van der Waals surface area contributed by atoms with Gasteiger partial charge in [-0.25, -0.2) is 0 Å². The van der Waals surface area contributed by atoms with Crippen molar-refractivity contribution in [3.05, 3.63) is 48.5 Å². The smallest absolute Gasteiger partial charge is 0.211 e. The summed E-state index contributed by atoms with van der Waals surface area (Å²) < 4.78 is 16.7. The lowest BCUT2D eigenvalue weighted by Gasteiger charge is -2.14. The van der Waals surface area contributed by atoms with Gasteiger partial charge < -0.3 is 14.2 Å². The number of para-hydroxylation sites is 2. The molecular formula is C15H16O3. The molecule has 0 aliphatic carbocycles. The predicted octanol–water partition coefficient (Wildman–Crippen LogP) is 3.89. The van der Waals surface area contributed by atoms with Gasteiger partial charge in [-0.2, -0.15) is 0 Å². The fraction of sp³-hybridized carbons (Fsp3) is 0.200. The third-order valence-electron chi connectivity index (χ3n) is 2.43. The average molecular weight is 244 g/mol. The first kappa shape index (κ1) is 12.3. The zero-order valence-electron chi connectivity index (χ0n) is 10.6. The molecule has 0 saturated carbocycles. The normalized spacial score (nSPS) is 9.89. The largest absolute Gasteiger partial charge is 0.493 e. The minimum absolute atomic E-state index is 0.582. The Bertz CT molecular complexity index is 494. The van der Waals surface area contributed by atoms with E-state index in [1.165, 1.54) is 0 Å². The minimum Gasteiger partial charge on any atom is -0.493 e. The van der Waals surface area contributed by atoms with Crippen LogP contribution in [-0.2, 0) is 0 Å². The molecule has 0 fully saturated rings. The molecule has 0 spiro atoms. The molecule has 3 heteroatoms. The van der Waals surface area contributed by atoms with Crippen molar-refractivity contribution < 1.29 is 14.2 Å². The Morgan fingerprint density at radius 2 is 1.61 bits per heavy atom. The number of ether oxygens (including phenoxy) is 3. The summed E-state index contributed by atoms with van der Waals surface area (Å²) >= 11 is 0. The number of hydrogen-bond donors (Lipinski definition) is 0. The van der Waals surface area contributed by atoms with Crippen LogP contribution in [-0.4, -0.2) is 13.7 Å². The van der Waals surface area contributed by atoms with Crippen LogP contribution in [0.25, 0.3) is 0 Å². The Labute approximate surface area is 107 Å². The van der Waals surface area contributed by atoms with Crippen molar-refractivity contribution in [1.29, 1.82) is 0 Å². The van der Waals surface area contributed by atoms with Gasteiger partial charge in [0.15, 0.2) is 11.5 Å². The molecule has 0 aliphatic heterocycles. The molecule has 2 aromatic carbocycles. The third kappa shape index (κ3) is 2.74. The van der Waals surface area contributed by atoms with Gasteiger partial charge in [0, 0.05) is 0 Å². The summed E-state index contributed by atoms with van der Waals surface area (Å²) in [5, 5.41) is 0. The van der Waals surface area contributed by atoms with E-state index in [0.717, 1.165) is 5.75 Å². The van der Waals surface area contributed by atoms with Crippen LogP contribution < -0.4 is 14.2 Å². The summed E-state index contributed by atoms with van der Waals surface area (Å²) in [6.07, 6.45) is 0. The molecule has 0 unspecified atom stereocenters. The van der Waals surface area contributed by atoms with Crippen LogP contribution in [0.2, 0.25) is 0 Å². The van der Waals surface area contributed by atoms with Gasteiger partial charge in [-0.3, -0.25) is 0 Å². The molecular weight excluding hydrogens is 228 g/mol.